The molecule has 0 radical (unpaired) electrons. The van der Waals surface area contributed by atoms with Crippen LogP contribution in [-0.2, 0) is 3.74 Å². The number of rotatable bonds is 5. The summed E-state index contributed by atoms with van der Waals surface area (Å²) in [6.45, 7) is 0. The Labute approximate surface area is 137 Å². The van der Waals surface area contributed by atoms with Crippen LogP contribution < -0.4 is 15.1 Å². The molecule has 0 unspecified atom stereocenters. The molecule has 0 fully saturated rings. The third-order valence-electron chi connectivity index (χ3n) is 2.61. The molecule has 1 heterocycles. The first-order chi connectivity index (χ1) is 11.3. The van der Waals surface area contributed by atoms with Gasteiger partial charge in [-0.3, -0.25) is 10.1 Å². The van der Waals surface area contributed by atoms with E-state index in [9.17, 15) is 18.6 Å². The van der Waals surface area contributed by atoms with E-state index in [1.165, 1.54) is 30.3 Å². The maximum atomic E-state index is 11.6. The van der Waals surface area contributed by atoms with Crippen LogP contribution in [0, 0.1) is 10.1 Å². The molecule has 24 heavy (non-hydrogen) atoms. The van der Waals surface area contributed by atoms with Gasteiger partial charge in [-0.15, -0.1) is 0 Å². The van der Waals surface area contributed by atoms with Gasteiger partial charge >= 0.3 is 121 Å². The molecular formula is C12H11AsN4O7. The van der Waals surface area contributed by atoms with E-state index >= 15 is 0 Å². The van der Waals surface area contributed by atoms with E-state index in [0.29, 0.717) is 5.69 Å². The number of carbonyl (C=O) groups excluding carboxylic acids is 1. The maximum absolute atomic E-state index is 11.6. The van der Waals surface area contributed by atoms with Gasteiger partial charge in [0.25, 0.3) is 0 Å². The van der Waals surface area contributed by atoms with E-state index in [4.69, 9.17) is 12.6 Å². The molecule has 0 aliphatic rings. The van der Waals surface area contributed by atoms with Crippen LogP contribution >= 0.6 is 0 Å². The summed E-state index contributed by atoms with van der Waals surface area (Å²) in [6.07, 6.45) is 1.08. The zero-order valence-corrected chi connectivity index (χ0v) is 13.7. The summed E-state index contributed by atoms with van der Waals surface area (Å²) in [7, 11) is 0. The van der Waals surface area contributed by atoms with Gasteiger partial charge < -0.3 is 0 Å². The molecule has 126 valence electrons. The third-order valence-corrected chi connectivity index (χ3v) is 4.65. The molecule has 0 bridgehead atoms. The van der Waals surface area contributed by atoms with Gasteiger partial charge in [0.2, 0.25) is 0 Å². The van der Waals surface area contributed by atoms with Crippen molar-refractivity contribution in [3.05, 3.63) is 52.3 Å². The van der Waals surface area contributed by atoms with Gasteiger partial charge in [-0.25, -0.2) is 0 Å². The Hall–Kier alpha value is -2.88. The molecule has 2 rings (SSSR count). The van der Waals surface area contributed by atoms with Crippen molar-refractivity contribution >= 4 is 42.3 Å². The zero-order chi connectivity index (χ0) is 17.7. The van der Waals surface area contributed by atoms with E-state index in [-0.39, 0.29) is 10.1 Å². The minimum atomic E-state index is -4.96. The fourth-order valence-corrected chi connectivity index (χ4v) is 2.69. The Morgan fingerprint density at radius 1 is 1.25 bits per heavy atom. The summed E-state index contributed by atoms with van der Waals surface area (Å²) in [6, 6.07) is 6.81. The number of benzene rings is 1. The molecule has 0 saturated carbocycles. The van der Waals surface area contributed by atoms with E-state index in [1.807, 2.05) is 0 Å². The summed E-state index contributed by atoms with van der Waals surface area (Å²) < 4.78 is 33.8. The van der Waals surface area contributed by atoms with Gasteiger partial charge in [0.15, 0.2) is 0 Å². The van der Waals surface area contributed by atoms with E-state index in [2.05, 4.69) is 15.8 Å². The second kappa shape index (κ2) is 7.13. The molecule has 4 N–H and O–H groups in total. The standard InChI is InChI=1S/C12H11AsN4O7/c18-12(15-9-3-1-8(2-4-9)13(19,20)21)16-14-7-10-5-6-11(24-10)17(22)23/h1-7H,(H2,15,16,18)(H2,19,20,21). The molecule has 2 amide bonds. The van der Waals surface area contributed by atoms with Crippen LogP contribution in [0.4, 0.5) is 16.4 Å². The normalized spacial score (nSPS) is 11.4. The van der Waals surface area contributed by atoms with Crippen LogP contribution in [0.3, 0.4) is 0 Å². The van der Waals surface area contributed by atoms with Gasteiger partial charge in [-0.05, 0) is 0 Å². The summed E-state index contributed by atoms with van der Waals surface area (Å²) in [5, 5.41) is 16.3. The van der Waals surface area contributed by atoms with Gasteiger partial charge in [0.1, 0.15) is 4.92 Å². The van der Waals surface area contributed by atoms with Gasteiger partial charge in [0.05, 0.1) is 0 Å². The second-order valence-corrected chi connectivity index (χ2v) is 7.71. The molecule has 1 aromatic heterocycles. The zero-order valence-electron chi connectivity index (χ0n) is 11.8. The van der Waals surface area contributed by atoms with Crippen molar-refractivity contribution in [1.82, 2.24) is 5.43 Å². The molecule has 0 spiro atoms. The Morgan fingerprint density at radius 2 is 1.92 bits per heavy atom. The van der Waals surface area contributed by atoms with Crippen molar-refractivity contribution < 1.29 is 26.1 Å². The average molecular weight is 398 g/mol. The first kappa shape index (κ1) is 17.5. The molecule has 0 saturated heterocycles. The van der Waals surface area contributed by atoms with Gasteiger partial charge in [0, 0.05) is 0 Å². The first-order valence-electron chi connectivity index (χ1n) is 6.26. The van der Waals surface area contributed by atoms with Gasteiger partial charge in [-0.2, -0.15) is 0 Å². The molecule has 0 aliphatic carbocycles. The van der Waals surface area contributed by atoms with Crippen molar-refractivity contribution in [2.75, 3.05) is 5.32 Å². The SMILES string of the molecule is O=C(NN=Cc1ccc([N+](=O)[O-])o1)Nc1ccc([As](=O)(O)O)cc1. The number of nitrogens with one attached hydrogen (secondary N) is 2. The number of hydrogen-bond acceptors (Lipinski definition) is 6. The molecule has 2 aromatic rings. The first-order valence-corrected chi connectivity index (χ1v) is 9.64. The Morgan fingerprint density at radius 3 is 2.46 bits per heavy atom. The van der Waals surface area contributed by atoms with Crippen molar-refractivity contribution in [2.45, 2.75) is 0 Å². The molecular weight excluding hydrogens is 387 g/mol. The van der Waals surface area contributed by atoms with Crippen LogP contribution in [-0.4, -0.2) is 39.5 Å². The molecule has 0 aliphatic heterocycles. The number of carbonyl (C=O) groups is 1. The quantitative estimate of drug-likeness (QED) is 0.236. The topological polar surface area (TPSA) is 167 Å². The third kappa shape index (κ3) is 4.81. The van der Waals surface area contributed by atoms with Crippen molar-refractivity contribution in [3.63, 3.8) is 0 Å². The number of amides is 2. The van der Waals surface area contributed by atoms with Crippen LogP contribution in [0.5, 0.6) is 0 Å². The van der Waals surface area contributed by atoms with Crippen molar-refractivity contribution in [1.29, 1.82) is 0 Å². The van der Waals surface area contributed by atoms with E-state index < -0.39 is 31.0 Å². The van der Waals surface area contributed by atoms with Gasteiger partial charge in [-0.1, -0.05) is 0 Å². The van der Waals surface area contributed by atoms with E-state index in [1.54, 1.807) is 0 Å². The number of hydrogen-bond donors (Lipinski definition) is 4. The number of nitro groups is 1. The van der Waals surface area contributed by atoms with Crippen LogP contribution in [0.25, 0.3) is 0 Å². The fraction of sp³-hybridized carbons (Fsp3) is 0. The number of anilines is 1. The van der Waals surface area contributed by atoms with Crippen LogP contribution in [0.1, 0.15) is 5.76 Å². The second-order valence-electron chi connectivity index (χ2n) is 4.35. The average Bonchev–Trinajstić information content (AvgIpc) is 2.96. The Kier molecular flexibility index (Phi) is 5.19. The van der Waals surface area contributed by atoms with Crippen molar-refractivity contribution in [3.8, 4) is 0 Å². The summed E-state index contributed by atoms with van der Waals surface area (Å²) in [5.41, 5.74) is 2.40. The monoisotopic (exact) mass is 398 g/mol. The molecule has 0 atom stereocenters. The van der Waals surface area contributed by atoms with Crippen LogP contribution in [0.2, 0.25) is 0 Å². The van der Waals surface area contributed by atoms with E-state index in [0.717, 1.165) is 12.3 Å². The predicted octanol–water partition coefficient (Wildman–Crippen LogP) is -0.0956. The fourth-order valence-electron chi connectivity index (χ4n) is 1.56. The molecule has 12 heteroatoms. The Balaban J connectivity index is 1.89. The van der Waals surface area contributed by atoms with Crippen molar-refractivity contribution in [2.24, 2.45) is 5.10 Å². The summed E-state index contributed by atoms with van der Waals surface area (Å²) in [5.74, 6) is -0.372. The minimum absolute atomic E-state index is 0.0789. The number of nitrogens with zero attached hydrogens (tertiary/aromatic N) is 2. The van der Waals surface area contributed by atoms with Crippen LogP contribution in [0.15, 0.2) is 45.9 Å². The predicted molar refractivity (Wildman–Crippen MR) is 82.1 cm³/mol. The Bertz CT molecular complexity index is 824. The molecule has 11 nitrogen and oxygen atoms in total. The summed E-state index contributed by atoms with van der Waals surface area (Å²) >= 11 is -4.96. The number of urea groups is 1. The number of hydrazone groups is 1. The number of furan rings is 1. The molecule has 1 aromatic carbocycles. The summed E-state index contributed by atoms with van der Waals surface area (Å²) in [4.78, 5) is 21.3.